The molecular weight excluding hydrogens is 316 g/mol. The first-order valence-corrected chi connectivity index (χ1v) is 9.70. The van der Waals surface area contributed by atoms with Crippen molar-refractivity contribution in [2.75, 3.05) is 13.1 Å². The lowest BCUT2D eigenvalue weighted by atomic mass is 10.0. The van der Waals surface area contributed by atoms with E-state index in [1.807, 2.05) is 4.68 Å². The van der Waals surface area contributed by atoms with E-state index >= 15 is 0 Å². The van der Waals surface area contributed by atoms with Crippen LogP contribution in [0.1, 0.15) is 70.4 Å². The van der Waals surface area contributed by atoms with Gasteiger partial charge in [0.15, 0.2) is 11.8 Å². The molecule has 1 saturated carbocycles. The van der Waals surface area contributed by atoms with Crippen molar-refractivity contribution in [2.45, 2.75) is 83.4 Å². The molecule has 1 aromatic heterocycles. The number of fused-ring (bicyclic) bond motifs is 1. The van der Waals surface area contributed by atoms with Crippen molar-refractivity contribution >= 4 is 5.96 Å². The lowest BCUT2D eigenvalue weighted by Gasteiger charge is -2.26. The molecule has 1 aliphatic heterocycles. The summed E-state index contributed by atoms with van der Waals surface area (Å²) >= 11 is 0. The first-order valence-electron chi connectivity index (χ1n) is 9.70. The third-order valence-electron chi connectivity index (χ3n) is 5.14. The number of aliphatic imine (C=N–C) groups is 1. The van der Waals surface area contributed by atoms with Crippen molar-refractivity contribution in [1.29, 1.82) is 0 Å². The predicted molar refractivity (Wildman–Crippen MR) is 98.8 cm³/mol. The maximum Gasteiger partial charge on any atom is 0.191 e. The lowest BCUT2D eigenvalue weighted by Crippen LogP contribution is -2.47. The van der Waals surface area contributed by atoms with E-state index in [9.17, 15) is 5.11 Å². The van der Waals surface area contributed by atoms with Crippen molar-refractivity contribution < 1.29 is 5.11 Å². The molecular formula is C18H32N6O. The second-order valence-electron chi connectivity index (χ2n) is 7.73. The van der Waals surface area contributed by atoms with Gasteiger partial charge in [-0.1, -0.05) is 26.7 Å². The van der Waals surface area contributed by atoms with Gasteiger partial charge in [0.1, 0.15) is 5.82 Å². The Labute approximate surface area is 150 Å². The number of hydrogen-bond donors (Lipinski definition) is 3. The highest BCUT2D eigenvalue weighted by Gasteiger charge is 2.31. The average molecular weight is 348 g/mol. The molecule has 0 bridgehead atoms. The van der Waals surface area contributed by atoms with E-state index in [1.165, 1.54) is 0 Å². The van der Waals surface area contributed by atoms with Gasteiger partial charge in [-0.05, 0) is 26.2 Å². The second kappa shape index (κ2) is 7.72. The monoisotopic (exact) mass is 348 g/mol. The fourth-order valence-corrected chi connectivity index (χ4v) is 3.62. The van der Waals surface area contributed by atoms with Gasteiger partial charge in [-0.25, -0.2) is 9.67 Å². The molecule has 1 aliphatic carbocycles. The Morgan fingerprint density at radius 2 is 2.16 bits per heavy atom. The molecule has 0 aromatic carbocycles. The molecule has 25 heavy (non-hydrogen) atoms. The molecule has 1 fully saturated rings. The standard InChI is InChI=1S/C18H32N6O/c1-4-19-17(20-12-18(25)9-5-6-10-18)21-14-7-8-15-22-16(13(2)3)23-24(15)11-14/h13-14,25H,4-12H2,1-3H3,(H2,19,20,21). The smallest absolute Gasteiger partial charge is 0.191 e. The highest BCUT2D eigenvalue weighted by molar-refractivity contribution is 5.80. The third-order valence-corrected chi connectivity index (χ3v) is 5.14. The minimum atomic E-state index is -0.611. The van der Waals surface area contributed by atoms with E-state index in [4.69, 9.17) is 0 Å². The minimum Gasteiger partial charge on any atom is -0.388 e. The summed E-state index contributed by atoms with van der Waals surface area (Å²) in [4.78, 5) is 9.29. The second-order valence-corrected chi connectivity index (χ2v) is 7.73. The summed E-state index contributed by atoms with van der Waals surface area (Å²) in [5, 5.41) is 22.0. The first kappa shape index (κ1) is 18.2. The Kier molecular flexibility index (Phi) is 5.61. The maximum atomic E-state index is 10.5. The summed E-state index contributed by atoms with van der Waals surface area (Å²) in [5.41, 5.74) is -0.611. The summed E-state index contributed by atoms with van der Waals surface area (Å²) in [6, 6.07) is 0.283. The fourth-order valence-electron chi connectivity index (χ4n) is 3.62. The molecule has 1 unspecified atom stereocenters. The van der Waals surface area contributed by atoms with Crippen molar-refractivity contribution in [2.24, 2.45) is 4.99 Å². The summed E-state index contributed by atoms with van der Waals surface area (Å²) in [7, 11) is 0. The summed E-state index contributed by atoms with van der Waals surface area (Å²) in [6.45, 7) is 8.40. The van der Waals surface area contributed by atoms with Gasteiger partial charge in [0.2, 0.25) is 0 Å². The van der Waals surface area contributed by atoms with Crippen LogP contribution in [-0.4, -0.2) is 50.6 Å². The zero-order valence-electron chi connectivity index (χ0n) is 15.8. The van der Waals surface area contributed by atoms with Gasteiger partial charge in [-0.3, -0.25) is 4.99 Å². The molecule has 0 saturated heterocycles. The van der Waals surface area contributed by atoms with E-state index < -0.39 is 5.60 Å². The van der Waals surface area contributed by atoms with Crippen LogP contribution in [0, 0.1) is 0 Å². The Morgan fingerprint density at radius 1 is 1.40 bits per heavy atom. The number of hydrogen-bond acceptors (Lipinski definition) is 4. The van der Waals surface area contributed by atoms with Crippen molar-refractivity contribution in [1.82, 2.24) is 25.4 Å². The van der Waals surface area contributed by atoms with E-state index in [0.717, 1.165) is 69.2 Å². The normalized spacial score (nSPS) is 22.9. The Bertz CT molecular complexity index is 603. The van der Waals surface area contributed by atoms with Gasteiger partial charge in [0.25, 0.3) is 0 Å². The molecule has 140 valence electrons. The van der Waals surface area contributed by atoms with Crippen molar-refractivity contribution in [3.63, 3.8) is 0 Å². The zero-order chi connectivity index (χ0) is 17.9. The Hall–Kier alpha value is -1.63. The summed E-state index contributed by atoms with van der Waals surface area (Å²) in [5.74, 6) is 3.17. The predicted octanol–water partition coefficient (Wildman–Crippen LogP) is 1.58. The topological polar surface area (TPSA) is 87.4 Å². The SMILES string of the molecule is CCNC(=NCC1(O)CCCC1)NC1CCc2nc(C(C)C)nn2C1. The maximum absolute atomic E-state index is 10.5. The molecule has 0 radical (unpaired) electrons. The first-order chi connectivity index (χ1) is 12.0. The Morgan fingerprint density at radius 3 is 2.84 bits per heavy atom. The van der Waals surface area contributed by atoms with Crippen LogP contribution >= 0.6 is 0 Å². The van der Waals surface area contributed by atoms with Gasteiger partial charge in [0.05, 0.1) is 18.7 Å². The lowest BCUT2D eigenvalue weighted by molar-refractivity contribution is 0.0574. The molecule has 3 N–H and O–H groups in total. The number of aryl methyl sites for hydroxylation is 1. The van der Waals surface area contributed by atoms with Crippen LogP contribution in [0.2, 0.25) is 0 Å². The van der Waals surface area contributed by atoms with Gasteiger partial charge in [-0.2, -0.15) is 5.10 Å². The quantitative estimate of drug-likeness (QED) is 0.555. The van der Waals surface area contributed by atoms with E-state index in [1.54, 1.807) is 0 Å². The zero-order valence-corrected chi connectivity index (χ0v) is 15.8. The largest absolute Gasteiger partial charge is 0.388 e. The summed E-state index contributed by atoms with van der Waals surface area (Å²) in [6.07, 6.45) is 5.88. The van der Waals surface area contributed by atoms with Crippen LogP contribution in [0.15, 0.2) is 4.99 Å². The van der Waals surface area contributed by atoms with Gasteiger partial charge >= 0.3 is 0 Å². The minimum absolute atomic E-state index is 0.283. The third kappa shape index (κ3) is 4.51. The molecule has 0 spiro atoms. The van der Waals surface area contributed by atoms with E-state index in [0.29, 0.717) is 12.5 Å². The van der Waals surface area contributed by atoms with E-state index in [2.05, 4.69) is 46.5 Å². The highest BCUT2D eigenvalue weighted by atomic mass is 16.3. The molecule has 3 rings (SSSR count). The number of aromatic nitrogens is 3. The van der Waals surface area contributed by atoms with Crippen LogP contribution in [-0.2, 0) is 13.0 Å². The molecule has 0 amide bonds. The number of guanidine groups is 1. The molecule has 7 nitrogen and oxygen atoms in total. The molecule has 7 heteroatoms. The number of nitrogens with zero attached hydrogens (tertiary/aromatic N) is 4. The Balaban J connectivity index is 1.62. The van der Waals surface area contributed by atoms with Gasteiger partial charge in [-0.15, -0.1) is 0 Å². The number of rotatable bonds is 5. The number of aliphatic hydroxyl groups is 1. The van der Waals surface area contributed by atoms with Crippen LogP contribution < -0.4 is 10.6 Å². The molecule has 1 atom stereocenters. The van der Waals surface area contributed by atoms with Crippen molar-refractivity contribution in [3.05, 3.63) is 11.6 Å². The van der Waals surface area contributed by atoms with Crippen molar-refractivity contribution in [3.8, 4) is 0 Å². The molecule has 2 aliphatic rings. The van der Waals surface area contributed by atoms with Crippen LogP contribution in [0.25, 0.3) is 0 Å². The number of nitrogens with one attached hydrogen (secondary N) is 2. The van der Waals surface area contributed by atoms with E-state index in [-0.39, 0.29) is 6.04 Å². The van der Waals surface area contributed by atoms with Crippen LogP contribution in [0.4, 0.5) is 0 Å². The molecule has 1 aromatic rings. The fraction of sp³-hybridized carbons (Fsp3) is 0.833. The average Bonchev–Trinajstić information content (AvgIpc) is 3.19. The van der Waals surface area contributed by atoms with Crippen LogP contribution in [0.3, 0.4) is 0 Å². The van der Waals surface area contributed by atoms with Crippen LogP contribution in [0.5, 0.6) is 0 Å². The van der Waals surface area contributed by atoms with Gasteiger partial charge in [0, 0.05) is 24.9 Å². The van der Waals surface area contributed by atoms with Gasteiger partial charge < -0.3 is 15.7 Å². The molecule has 2 heterocycles. The summed E-state index contributed by atoms with van der Waals surface area (Å²) < 4.78 is 2.03. The highest BCUT2D eigenvalue weighted by Crippen LogP contribution is 2.29.